The van der Waals surface area contributed by atoms with Crippen LogP contribution in [0.3, 0.4) is 0 Å². The molecule has 4 nitrogen and oxygen atoms in total. The summed E-state index contributed by atoms with van der Waals surface area (Å²) < 4.78 is 13.6. The van der Waals surface area contributed by atoms with Crippen LogP contribution in [0.5, 0.6) is 0 Å². The van der Waals surface area contributed by atoms with E-state index in [4.69, 9.17) is 0 Å². The Labute approximate surface area is 112 Å². The third-order valence-corrected chi connectivity index (χ3v) is 2.54. The summed E-state index contributed by atoms with van der Waals surface area (Å²) in [5, 5.41) is 2.73. The maximum atomic E-state index is 13.6. The fraction of sp³-hybridized carbons (Fsp3) is 0.429. The van der Waals surface area contributed by atoms with Gasteiger partial charge in [-0.1, -0.05) is 12.1 Å². The number of hydrogen-bond acceptors (Lipinski definition) is 2. The van der Waals surface area contributed by atoms with Gasteiger partial charge in [-0.2, -0.15) is 0 Å². The summed E-state index contributed by atoms with van der Waals surface area (Å²) in [7, 11) is 0. The summed E-state index contributed by atoms with van der Waals surface area (Å²) >= 11 is 0. The van der Waals surface area contributed by atoms with Gasteiger partial charge in [0.1, 0.15) is 5.82 Å². The second-order valence-electron chi connectivity index (χ2n) is 4.59. The number of anilines is 1. The monoisotopic (exact) mass is 266 g/mol. The molecule has 0 aliphatic heterocycles. The van der Waals surface area contributed by atoms with E-state index in [0.717, 1.165) is 0 Å². The van der Waals surface area contributed by atoms with Crippen molar-refractivity contribution in [3.63, 3.8) is 0 Å². The van der Waals surface area contributed by atoms with Gasteiger partial charge in [0.15, 0.2) is 0 Å². The van der Waals surface area contributed by atoms with E-state index in [1.165, 1.54) is 24.0 Å². The van der Waals surface area contributed by atoms with Crippen molar-refractivity contribution in [2.45, 2.75) is 33.2 Å². The number of carbonyl (C=O) groups excluding carboxylic acids is 2. The molecular formula is C14H19FN2O2. The normalized spacial score (nSPS) is 10.4. The molecule has 0 fully saturated rings. The number of hydrogen-bond donors (Lipinski definition) is 1. The standard InChI is InChI=1S/C14H19FN2O2/c1-10(2)16-14(19)8-9-17(11(3)18)13-7-5-4-6-12(13)15/h4-7,10H,8-9H2,1-3H3,(H,16,19). The first kappa shape index (κ1) is 15.1. The molecule has 1 aromatic carbocycles. The minimum absolute atomic E-state index is 0.0479. The highest BCUT2D eigenvalue weighted by Gasteiger charge is 2.16. The van der Waals surface area contributed by atoms with Gasteiger partial charge in [0.05, 0.1) is 5.69 Å². The van der Waals surface area contributed by atoms with E-state index < -0.39 is 5.82 Å². The molecule has 0 atom stereocenters. The molecule has 0 aliphatic carbocycles. The quantitative estimate of drug-likeness (QED) is 0.887. The number of nitrogens with zero attached hydrogens (tertiary/aromatic N) is 1. The molecule has 0 aliphatic rings. The Kier molecular flexibility index (Phi) is 5.48. The van der Waals surface area contributed by atoms with Crippen LogP contribution in [-0.2, 0) is 9.59 Å². The zero-order chi connectivity index (χ0) is 14.4. The molecule has 0 bridgehead atoms. The Balaban J connectivity index is 2.73. The minimum atomic E-state index is -0.470. The third kappa shape index (κ3) is 4.69. The van der Waals surface area contributed by atoms with E-state index in [1.807, 2.05) is 13.8 Å². The molecular weight excluding hydrogens is 247 g/mol. The molecule has 0 aromatic heterocycles. The topological polar surface area (TPSA) is 49.4 Å². The van der Waals surface area contributed by atoms with Crippen molar-refractivity contribution < 1.29 is 14.0 Å². The number of nitrogens with one attached hydrogen (secondary N) is 1. The molecule has 0 unspecified atom stereocenters. The highest BCUT2D eigenvalue weighted by atomic mass is 19.1. The number of amides is 2. The zero-order valence-corrected chi connectivity index (χ0v) is 11.4. The maximum absolute atomic E-state index is 13.6. The van der Waals surface area contributed by atoms with Crippen LogP contribution in [0.2, 0.25) is 0 Å². The average Bonchev–Trinajstić information content (AvgIpc) is 2.30. The maximum Gasteiger partial charge on any atom is 0.223 e. The second-order valence-corrected chi connectivity index (χ2v) is 4.59. The van der Waals surface area contributed by atoms with Crippen LogP contribution in [0.15, 0.2) is 24.3 Å². The Morgan fingerprint density at radius 2 is 1.95 bits per heavy atom. The fourth-order valence-corrected chi connectivity index (χ4v) is 1.73. The summed E-state index contributed by atoms with van der Waals surface area (Å²) in [4.78, 5) is 24.4. The zero-order valence-electron chi connectivity index (χ0n) is 11.4. The van der Waals surface area contributed by atoms with Crippen molar-refractivity contribution in [3.05, 3.63) is 30.1 Å². The van der Waals surface area contributed by atoms with Gasteiger partial charge in [-0.3, -0.25) is 9.59 Å². The van der Waals surface area contributed by atoms with Gasteiger partial charge in [-0.05, 0) is 26.0 Å². The molecule has 2 amide bonds. The van der Waals surface area contributed by atoms with Gasteiger partial charge in [-0.15, -0.1) is 0 Å². The number of carbonyl (C=O) groups is 2. The van der Waals surface area contributed by atoms with Crippen LogP contribution < -0.4 is 10.2 Å². The predicted octanol–water partition coefficient (Wildman–Crippen LogP) is 2.09. The first-order valence-corrected chi connectivity index (χ1v) is 6.23. The van der Waals surface area contributed by atoms with Gasteiger partial charge in [0.2, 0.25) is 11.8 Å². The molecule has 0 radical (unpaired) electrons. The SMILES string of the molecule is CC(=O)N(CCC(=O)NC(C)C)c1ccccc1F. The second kappa shape index (κ2) is 6.87. The van der Waals surface area contributed by atoms with Crippen molar-refractivity contribution >= 4 is 17.5 Å². The smallest absolute Gasteiger partial charge is 0.223 e. The van der Waals surface area contributed by atoms with Gasteiger partial charge in [0.25, 0.3) is 0 Å². The molecule has 0 saturated heterocycles. The number of para-hydroxylation sites is 1. The average molecular weight is 266 g/mol. The lowest BCUT2D eigenvalue weighted by atomic mass is 10.2. The van der Waals surface area contributed by atoms with E-state index >= 15 is 0 Å². The van der Waals surface area contributed by atoms with E-state index in [-0.39, 0.29) is 36.5 Å². The molecule has 0 spiro atoms. The van der Waals surface area contributed by atoms with E-state index in [0.29, 0.717) is 0 Å². The Hall–Kier alpha value is -1.91. The molecule has 1 aromatic rings. The highest BCUT2D eigenvalue weighted by molar-refractivity contribution is 5.92. The summed E-state index contributed by atoms with van der Waals surface area (Å²) in [6, 6.07) is 6.08. The lowest BCUT2D eigenvalue weighted by molar-refractivity contribution is -0.121. The number of halogens is 1. The van der Waals surface area contributed by atoms with Crippen molar-refractivity contribution in [2.75, 3.05) is 11.4 Å². The lowest BCUT2D eigenvalue weighted by Gasteiger charge is -2.21. The lowest BCUT2D eigenvalue weighted by Crippen LogP contribution is -2.36. The third-order valence-electron chi connectivity index (χ3n) is 2.54. The van der Waals surface area contributed by atoms with Crippen LogP contribution in [0, 0.1) is 5.82 Å². The molecule has 1 N–H and O–H groups in total. The van der Waals surface area contributed by atoms with Crippen molar-refractivity contribution in [1.29, 1.82) is 0 Å². The first-order valence-electron chi connectivity index (χ1n) is 6.23. The van der Waals surface area contributed by atoms with Crippen LogP contribution in [0.1, 0.15) is 27.2 Å². The first-order chi connectivity index (χ1) is 8.91. The molecule has 19 heavy (non-hydrogen) atoms. The summed E-state index contributed by atoms with van der Waals surface area (Å²) in [5.74, 6) is -0.915. The highest BCUT2D eigenvalue weighted by Crippen LogP contribution is 2.18. The Morgan fingerprint density at radius 1 is 1.32 bits per heavy atom. The summed E-state index contributed by atoms with van der Waals surface area (Å²) in [6.07, 6.45) is 0.145. The number of rotatable bonds is 5. The van der Waals surface area contributed by atoms with Crippen molar-refractivity contribution in [2.24, 2.45) is 0 Å². The molecule has 0 heterocycles. The van der Waals surface area contributed by atoms with Crippen LogP contribution >= 0.6 is 0 Å². The predicted molar refractivity (Wildman–Crippen MR) is 72.3 cm³/mol. The van der Waals surface area contributed by atoms with Gasteiger partial charge >= 0.3 is 0 Å². The molecule has 5 heteroatoms. The van der Waals surface area contributed by atoms with Crippen molar-refractivity contribution in [1.82, 2.24) is 5.32 Å². The molecule has 104 valence electrons. The van der Waals surface area contributed by atoms with Crippen LogP contribution in [0.4, 0.5) is 10.1 Å². The van der Waals surface area contributed by atoms with E-state index in [1.54, 1.807) is 12.1 Å². The summed E-state index contributed by atoms with van der Waals surface area (Å²) in [5.41, 5.74) is 0.201. The van der Waals surface area contributed by atoms with E-state index in [9.17, 15) is 14.0 Å². The fourth-order valence-electron chi connectivity index (χ4n) is 1.73. The van der Waals surface area contributed by atoms with Gasteiger partial charge in [0, 0.05) is 25.9 Å². The Bertz CT molecular complexity index is 461. The number of benzene rings is 1. The Morgan fingerprint density at radius 3 is 2.47 bits per heavy atom. The van der Waals surface area contributed by atoms with Crippen molar-refractivity contribution in [3.8, 4) is 0 Å². The molecule has 0 saturated carbocycles. The van der Waals surface area contributed by atoms with Crippen LogP contribution in [-0.4, -0.2) is 24.4 Å². The van der Waals surface area contributed by atoms with E-state index in [2.05, 4.69) is 5.32 Å². The minimum Gasteiger partial charge on any atom is -0.354 e. The van der Waals surface area contributed by atoms with Crippen LogP contribution in [0.25, 0.3) is 0 Å². The molecule has 1 rings (SSSR count). The largest absolute Gasteiger partial charge is 0.354 e. The summed E-state index contributed by atoms with van der Waals surface area (Å²) in [6.45, 7) is 5.23. The van der Waals surface area contributed by atoms with Gasteiger partial charge in [-0.25, -0.2) is 4.39 Å². The van der Waals surface area contributed by atoms with Gasteiger partial charge < -0.3 is 10.2 Å².